The first kappa shape index (κ1) is 23.7. The molecule has 33 heavy (non-hydrogen) atoms. The molecule has 0 heterocycles. The summed E-state index contributed by atoms with van der Waals surface area (Å²) in [5.41, 5.74) is 0.738. The van der Waals surface area contributed by atoms with Crippen molar-refractivity contribution in [3.63, 3.8) is 0 Å². The summed E-state index contributed by atoms with van der Waals surface area (Å²) < 4.78 is 19.0. The fraction of sp³-hybridized carbons (Fsp3) is 0.130. The summed E-state index contributed by atoms with van der Waals surface area (Å²) in [5.74, 6) is -1.06. The van der Waals surface area contributed by atoms with Gasteiger partial charge >= 0.3 is 6.09 Å². The van der Waals surface area contributed by atoms with Crippen LogP contribution in [-0.4, -0.2) is 30.6 Å². The summed E-state index contributed by atoms with van der Waals surface area (Å²) in [6.45, 7) is 1.95. The predicted octanol–water partition coefficient (Wildman–Crippen LogP) is 5.73. The molecule has 8 nitrogen and oxygen atoms in total. The number of nitrogens with zero attached hydrogens (tertiary/aromatic N) is 2. The van der Waals surface area contributed by atoms with E-state index in [1.807, 2.05) is 0 Å². The van der Waals surface area contributed by atoms with Crippen molar-refractivity contribution in [3.8, 4) is 0 Å². The van der Waals surface area contributed by atoms with Crippen LogP contribution in [0.15, 0.2) is 76.5 Å². The van der Waals surface area contributed by atoms with Gasteiger partial charge < -0.3 is 10.1 Å². The van der Waals surface area contributed by atoms with Gasteiger partial charge in [-0.25, -0.2) is 9.18 Å². The molecule has 0 radical (unpaired) electrons. The summed E-state index contributed by atoms with van der Waals surface area (Å²) >= 11 is 0.998. The fourth-order valence-electron chi connectivity index (χ4n) is 2.84. The second-order valence-electron chi connectivity index (χ2n) is 6.73. The molecule has 0 aliphatic heterocycles. The minimum atomic E-state index is -0.603. The maximum atomic E-state index is 14.1. The number of anilines is 2. The minimum Gasteiger partial charge on any atom is -0.449 e. The van der Waals surface area contributed by atoms with Gasteiger partial charge in [0.05, 0.1) is 17.1 Å². The number of hydrogen-bond acceptors (Lipinski definition) is 6. The summed E-state index contributed by atoms with van der Waals surface area (Å²) in [4.78, 5) is 37.4. The van der Waals surface area contributed by atoms with Crippen molar-refractivity contribution in [2.45, 2.75) is 16.7 Å². The van der Waals surface area contributed by atoms with Crippen molar-refractivity contribution in [3.05, 3.63) is 88.2 Å². The second kappa shape index (κ2) is 10.6. The SMILES string of the molecule is CCOC(=O)N(C)c1ccc(NC(=O)c2cc([N+](=O)[O-])ccc2Sc2ccccc2F)cc1. The minimum absolute atomic E-state index is 0.0326. The number of rotatable bonds is 7. The van der Waals surface area contributed by atoms with Gasteiger partial charge in [0.2, 0.25) is 0 Å². The van der Waals surface area contributed by atoms with Gasteiger partial charge in [-0.15, -0.1) is 0 Å². The Morgan fingerprint density at radius 2 is 1.79 bits per heavy atom. The summed E-state index contributed by atoms with van der Waals surface area (Å²) in [6, 6.07) is 16.3. The van der Waals surface area contributed by atoms with E-state index in [-0.39, 0.29) is 22.8 Å². The third-order valence-corrected chi connectivity index (χ3v) is 5.66. The highest BCUT2D eigenvalue weighted by Crippen LogP contribution is 2.34. The van der Waals surface area contributed by atoms with E-state index in [9.17, 15) is 24.1 Å². The molecule has 10 heteroatoms. The van der Waals surface area contributed by atoms with Crippen LogP contribution in [-0.2, 0) is 4.74 Å². The number of benzene rings is 3. The number of ether oxygens (including phenoxy) is 1. The largest absolute Gasteiger partial charge is 0.449 e. The molecule has 0 bridgehead atoms. The average Bonchev–Trinajstić information content (AvgIpc) is 2.80. The van der Waals surface area contributed by atoms with E-state index in [1.165, 1.54) is 23.1 Å². The molecule has 3 rings (SSSR count). The van der Waals surface area contributed by atoms with Gasteiger partial charge in [-0.1, -0.05) is 23.9 Å². The van der Waals surface area contributed by atoms with Gasteiger partial charge in [0.15, 0.2) is 0 Å². The van der Waals surface area contributed by atoms with Crippen LogP contribution in [0.5, 0.6) is 0 Å². The van der Waals surface area contributed by atoms with Crippen LogP contribution in [0.25, 0.3) is 0 Å². The van der Waals surface area contributed by atoms with E-state index in [1.54, 1.807) is 56.4 Å². The second-order valence-corrected chi connectivity index (χ2v) is 7.81. The zero-order valence-electron chi connectivity index (χ0n) is 17.8. The molecule has 2 amide bonds. The van der Waals surface area contributed by atoms with E-state index < -0.39 is 22.7 Å². The summed E-state index contributed by atoms with van der Waals surface area (Å²) in [6.07, 6.45) is -0.513. The number of nitro benzene ring substituents is 1. The van der Waals surface area contributed by atoms with Crippen LogP contribution in [0.4, 0.5) is 26.2 Å². The monoisotopic (exact) mass is 469 g/mol. The number of nitrogens with one attached hydrogen (secondary N) is 1. The van der Waals surface area contributed by atoms with E-state index in [2.05, 4.69) is 5.32 Å². The molecule has 0 aromatic heterocycles. The molecule has 0 aliphatic rings. The Hall–Kier alpha value is -3.92. The molecule has 0 spiro atoms. The van der Waals surface area contributed by atoms with E-state index >= 15 is 0 Å². The third kappa shape index (κ3) is 5.86. The number of nitro groups is 1. The Bertz CT molecular complexity index is 1190. The average molecular weight is 469 g/mol. The molecular weight excluding hydrogens is 449 g/mol. The van der Waals surface area contributed by atoms with Gasteiger partial charge in [0, 0.05) is 40.3 Å². The Morgan fingerprint density at radius 3 is 2.42 bits per heavy atom. The maximum absolute atomic E-state index is 14.1. The molecule has 3 aromatic carbocycles. The zero-order chi connectivity index (χ0) is 24.0. The Labute approximate surface area is 193 Å². The highest BCUT2D eigenvalue weighted by molar-refractivity contribution is 7.99. The van der Waals surface area contributed by atoms with Crippen molar-refractivity contribution >= 4 is 40.8 Å². The fourth-order valence-corrected chi connectivity index (χ4v) is 3.78. The van der Waals surface area contributed by atoms with Crippen LogP contribution < -0.4 is 10.2 Å². The maximum Gasteiger partial charge on any atom is 0.413 e. The molecule has 0 aliphatic carbocycles. The number of non-ortho nitro benzene ring substituents is 1. The molecule has 1 N–H and O–H groups in total. The topological polar surface area (TPSA) is 102 Å². The van der Waals surface area contributed by atoms with Crippen molar-refractivity contribution in [1.29, 1.82) is 0 Å². The van der Waals surface area contributed by atoms with Crippen molar-refractivity contribution in [2.24, 2.45) is 0 Å². The van der Waals surface area contributed by atoms with Gasteiger partial charge in [-0.2, -0.15) is 0 Å². The quantitative estimate of drug-likeness (QED) is 0.350. The Kier molecular flexibility index (Phi) is 7.62. The van der Waals surface area contributed by atoms with Crippen molar-refractivity contribution in [1.82, 2.24) is 0 Å². The van der Waals surface area contributed by atoms with E-state index in [4.69, 9.17) is 4.74 Å². The molecule has 0 fully saturated rings. The standard InChI is InChI=1S/C23H20FN3O5S/c1-3-32-23(29)26(2)16-10-8-15(9-11-16)25-22(28)18-14-17(27(30)31)12-13-20(18)33-21-7-5-4-6-19(21)24/h4-14H,3H2,1-2H3,(H,25,28). The first-order chi connectivity index (χ1) is 15.8. The zero-order valence-corrected chi connectivity index (χ0v) is 18.6. The van der Waals surface area contributed by atoms with Gasteiger partial charge in [0.25, 0.3) is 11.6 Å². The molecule has 3 aromatic rings. The summed E-state index contributed by atoms with van der Waals surface area (Å²) in [7, 11) is 1.56. The van der Waals surface area contributed by atoms with E-state index in [0.29, 0.717) is 16.3 Å². The lowest BCUT2D eigenvalue weighted by atomic mass is 10.1. The first-order valence-electron chi connectivity index (χ1n) is 9.83. The van der Waals surface area contributed by atoms with Gasteiger partial charge in [-0.3, -0.25) is 19.8 Å². The van der Waals surface area contributed by atoms with Gasteiger partial charge in [-0.05, 0) is 49.4 Å². The molecule has 0 unspecified atom stereocenters. The smallest absolute Gasteiger partial charge is 0.413 e. The number of amides is 2. The number of hydrogen-bond donors (Lipinski definition) is 1. The number of carbonyl (C=O) groups is 2. The van der Waals surface area contributed by atoms with Gasteiger partial charge in [0.1, 0.15) is 5.82 Å². The first-order valence-corrected chi connectivity index (χ1v) is 10.6. The molecule has 170 valence electrons. The molecular formula is C23H20FN3O5S. The summed E-state index contributed by atoms with van der Waals surface area (Å²) in [5, 5.41) is 13.9. The predicted molar refractivity (Wildman–Crippen MR) is 123 cm³/mol. The molecule has 0 saturated carbocycles. The van der Waals surface area contributed by atoms with Crippen LogP contribution >= 0.6 is 11.8 Å². The van der Waals surface area contributed by atoms with E-state index in [0.717, 1.165) is 17.8 Å². The Balaban J connectivity index is 1.85. The Morgan fingerprint density at radius 1 is 1.09 bits per heavy atom. The van der Waals surface area contributed by atoms with Crippen LogP contribution in [0.1, 0.15) is 17.3 Å². The molecule has 0 atom stereocenters. The van der Waals surface area contributed by atoms with Crippen LogP contribution in [0.2, 0.25) is 0 Å². The van der Waals surface area contributed by atoms with Crippen molar-refractivity contribution in [2.75, 3.05) is 23.9 Å². The highest BCUT2D eigenvalue weighted by Gasteiger charge is 2.19. The number of halogens is 1. The lowest BCUT2D eigenvalue weighted by Crippen LogP contribution is -2.26. The number of carbonyl (C=O) groups excluding carboxylic acids is 2. The lowest BCUT2D eigenvalue weighted by molar-refractivity contribution is -0.384. The van der Waals surface area contributed by atoms with Crippen molar-refractivity contribution < 1.29 is 23.6 Å². The van der Waals surface area contributed by atoms with Crippen LogP contribution in [0.3, 0.4) is 0 Å². The molecule has 0 saturated heterocycles. The normalized spacial score (nSPS) is 10.4. The van der Waals surface area contributed by atoms with Crippen LogP contribution in [0, 0.1) is 15.9 Å². The highest BCUT2D eigenvalue weighted by atomic mass is 32.2. The lowest BCUT2D eigenvalue weighted by Gasteiger charge is -2.17. The third-order valence-electron chi connectivity index (χ3n) is 4.53.